The van der Waals surface area contributed by atoms with Crippen LogP contribution in [-0.4, -0.2) is 26.9 Å². The van der Waals surface area contributed by atoms with Gasteiger partial charge in [-0.25, -0.2) is 0 Å². The molecule has 0 unspecified atom stereocenters. The van der Waals surface area contributed by atoms with Gasteiger partial charge in [-0.05, 0) is 37.0 Å². The molecule has 1 aromatic rings. The van der Waals surface area contributed by atoms with Crippen molar-refractivity contribution in [3.63, 3.8) is 0 Å². The van der Waals surface area contributed by atoms with Crippen LogP contribution in [0.3, 0.4) is 0 Å². The molecule has 1 aromatic carbocycles. The van der Waals surface area contributed by atoms with Crippen LogP contribution in [0.1, 0.15) is 38.2 Å². The third-order valence-electron chi connectivity index (χ3n) is 3.44. The summed E-state index contributed by atoms with van der Waals surface area (Å²) in [5.74, 6) is 2.19. The van der Waals surface area contributed by atoms with Gasteiger partial charge < -0.3 is 19.5 Å². The fraction of sp³-hybridized carbons (Fsp3) is 0.625. The van der Waals surface area contributed by atoms with Crippen LogP contribution in [0.15, 0.2) is 12.1 Å². The molecule has 2 rings (SSSR count). The highest BCUT2D eigenvalue weighted by atomic mass is 16.5. The topological polar surface area (TPSA) is 39.7 Å². The maximum absolute atomic E-state index is 5.81. The van der Waals surface area contributed by atoms with E-state index in [0.717, 1.165) is 36.4 Å². The molecule has 1 aliphatic rings. The lowest BCUT2D eigenvalue weighted by molar-refractivity contribution is 0.269. The van der Waals surface area contributed by atoms with Gasteiger partial charge >= 0.3 is 0 Å². The summed E-state index contributed by atoms with van der Waals surface area (Å²) in [5, 5.41) is 3.50. The first-order chi connectivity index (χ1) is 9.78. The number of ether oxygens (including phenoxy) is 3. The predicted molar refractivity (Wildman–Crippen MR) is 79.8 cm³/mol. The van der Waals surface area contributed by atoms with Gasteiger partial charge in [-0.2, -0.15) is 0 Å². The minimum atomic E-state index is 0.683. The molecule has 1 saturated carbocycles. The van der Waals surface area contributed by atoms with E-state index in [0.29, 0.717) is 18.4 Å². The van der Waals surface area contributed by atoms with E-state index in [2.05, 4.69) is 12.2 Å². The van der Waals surface area contributed by atoms with Crippen molar-refractivity contribution in [1.29, 1.82) is 0 Å². The van der Waals surface area contributed by atoms with Crippen LogP contribution in [0.4, 0.5) is 0 Å². The Morgan fingerprint density at radius 1 is 1.15 bits per heavy atom. The minimum absolute atomic E-state index is 0.683. The Bertz CT molecular complexity index is 405. The number of rotatable bonds is 9. The van der Waals surface area contributed by atoms with Gasteiger partial charge in [0.25, 0.3) is 0 Å². The minimum Gasteiger partial charge on any atom is -0.493 e. The van der Waals surface area contributed by atoms with Crippen molar-refractivity contribution in [2.75, 3.05) is 20.8 Å². The van der Waals surface area contributed by atoms with Crippen LogP contribution in [0, 0.1) is 0 Å². The highest BCUT2D eigenvalue weighted by Gasteiger charge is 2.21. The van der Waals surface area contributed by atoms with E-state index in [-0.39, 0.29) is 0 Å². The van der Waals surface area contributed by atoms with Gasteiger partial charge in [0.2, 0.25) is 5.75 Å². The summed E-state index contributed by atoms with van der Waals surface area (Å²) in [7, 11) is 3.33. The van der Waals surface area contributed by atoms with Crippen molar-refractivity contribution in [3.05, 3.63) is 17.7 Å². The Labute approximate surface area is 121 Å². The summed E-state index contributed by atoms with van der Waals surface area (Å²) >= 11 is 0. The SMILES string of the molecule is CCCCOc1c(OC)cc(CNC2CC2)cc1OC. The van der Waals surface area contributed by atoms with Gasteiger partial charge in [-0.3, -0.25) is 0 Å². The van der Waals surface area contributed by atoms with Crippen LogP contribution >= 0.6 is 0 Å². The zero-order chi connectivity index (χ0) is 14.4. The summed E-state index contributed by atoms with van der Waals surface area (Å²) in [5.41, 5.74) is 1.16. The highest BCUT2D eigenvalue weighted by Crippen LogP contribution is 2.38. The predicted octanol–water partition coefficient (Wildman–Crippen LogP) is 3.13. The molecule has 0 aliphatic heterocycles. The van der Waals surface area contributed by atoms with Gasteiger partial charge in [-0.1, -0.05) is 13.3 Å². The van der Waals surface area contributed by atoms with Gasteiger partial charge in [0, 0.05) is 12.6 Å². The summed E-state index contributed by atoms with van der Waals surface area (Å²) in [6.07, 6.45) is 4.70. The second kappa shape index (κ2) is 7.39. The molecule has 4 heteroatoms. The molecule has 1 aliphatic carbocycles. The third-order valence-corrected chi connectivity index (χ3v) is 3.44. The first-order valence-electron chi connectivity index (χ1n) is 7.39. The Morgan fingerprint density at radius 3 is 2.30 bits per heavy atom. The molecule has 1 fully saturated rings. The number of hydrogen-bond donors (Lipinski definition) is 1. The van der Waals surface area contributed by atoms with Crippen molar-refractivity contribution in [2.45, 2.75) is 45.2 Å². The molecular weight excluding hydrogens is 254 g/mol. The third kappa shape index (κ3) is 4.04. The van der Waals surface area contributed by atoms with Gasteiger partial charge in [-0.15, -0.1) is 0 Å². The molecule has 0 atom stereocenters. The molecular formula is C16H25NO3. The Morgan fingerprint density at radius 2 is 1.80 bits per heavy atom. The second-order valence-electron chi connectivity index (χ2n) is 5.19. The zero-order valence-electron chi connectivity index (χ0n) is 12.7. The quantitative estimate of drug-likeness (QED) is 0.705. The summed E-state index contributed by atoms with van der Waals surface area (Å²) < 4.78 is 16.7. The van der Waals surface area contributed by atoms with Crippen molar-refractivity contribution in [3.8, 4) is 17.2 Å². The first-order valence-corrected chi connectivity index (χ1v) is 7.39. The van der Waals surface area contributed by atoms with Crippen molar-refractivity contribution < 1.29 is 14.2 Å². The monoisotopic (exact) mass is 279 g/mol. The second-order valence-corrected chi connectivity index (χ2v) is 5.19. The van der Waals surface area contributed by atoms with Gasteiger partial charge in [0.1, 0.15) is 0 Å². The largest absolute Gasteiger partial charge is 0.493 e. The lowest BCUT2D eigenvalue weighted by Crippen LogP contribution is -2.15. The standard InChI is InChI=1S/C16H25NO3/c1-4-5-8-20-16-14(18-2)9-12(10-15(16)19-3)11-17-13-6-7-13/h9-10,13,17H,4-8,11H2,1-3H3. The van der Waals surface area contributed by atoms with E-state index >= 15 is 0 Å². The van der Waals surface area contributed by atoms with E-state index in [1.54, 1.807) is 14.2 Å². The smallest absolute Gasteiger partial charge is 0.203 e. The summed E-state index contributed by atoms with van der Waals surface area (Å²) in [6.45, 7) is 3.67. The Balaban J connectivity index is 2.11. The number of unbranched alkanes of at least 4 members (excludes halogenated alkanes) is 1. The van der Waals surface area contributed by atoms with Crippen LogP contribution in [0.2, 0.25) is 0 Å². The molecule has 0 bridgehead atoms. The van der Waals surface area contributed by atoms with E-state index < -0.39 is 0 Å². The molecule has 0 radical (unpaired) electrons. The average Bonchev–Trinajstić information content (AvgIpc) is 3.29. The van der Waals surface area contributed by atoms with E-state index in [1.165, 1.54) is 12.8 Å². The first kappa shape index (κ1) is 15.0. The molecule has 1 N–H and O–H groups in total. The summed E-state index contributed by atoms with van der Waals surface area (Å²) in [6, 6.07) is 4.74. The van der Waals surface area contributed by atoms with Crippen LogP contribution in [0.25, 0.3) is 0 Å². The number of methoxy groups -OCH3 is 2. The molecule has 112 valence electrons. The summed E-state index contributed by atoms with van der Waals surface area (Å²) in [4.78, 5) is 0. The zero-order valence-corrected chi connectivity index (χ0v) is 12.7. The average molecular weight is 279 g/mol. The number of hydrogen-bond acceptors (Lipinski definition) is 4. The van der Waals surface area contributed by atoms with Crippen molar-refractivity contribution >= 4 is 0 Å². The Hall–Kier alpha value is -1.42. The molecule has 0 aromatic heterocycles. The highest BCUT2D eigenvalue weighted by molar-refractivity contribution is 5.53. The van der Waals surface area contributed by atoms with Crippen LogP contribution < -0.4 is 19.5 Å². The number of benzene rings is 1. The fourth-order valence-electron chi connectivity index (χ4n) is 2.05. The number of nitrogens with one attached hydrogen (secondary N) is 1. The van der Waals surface area contributed by atoms with E-state index in [9.17, 15) is 0 Å². The van der Waals surface area contributed by atoms with Crippen LogP contribution in [0.5, 0.6) is 17.2 Å². The lowest BCUT2D eigenvalue weighted by atomic mass is 10.1. The van der Waals surface area contributed by atoms with E-state index in [4.69, 9.17) is 14.2 Å². The van der Waals surface area contributed by atoms with Crippen molar-refractivity contribution in [2.24, 2.45) is 0 Å². The van der Waals surface area contributed by atoms with Gasteiger partial charge in [0.15, 0.2) is 11.5 Å². The fourth-order valence-corrected chi connectivity index (χ4v) is 2.05. The molecule has 0 spiro atoms. The lowest BCUT2D eigenvalue weighted by Gasteiger charge is -2.16. The van der Waals surface area contributed by atoms with E-state index in [1.807, 2.05) is 12.1 Å². The maximum atomic E-state index is 5.81. The molecule has 0 amide bonds. The van der Waals surface area contributed by atoms with Crippen LogP contribution in [-0.2, 0) is 6.54 Å². The molecule has 4 nitrogen and oxygen atoms in total. The van der Waals surface area contributed by atoms with Crippen molar-refractivity contribution in [1.82, 2.24) is 5.32 Å². The molecule has 20 heavy (non-hydrogen) atoms. The molecule has 0 heterocycles. The maximum Gasteiger partial charge on any atom is 0.203 e. The molecule has 0 saturated heterocycles. The Kier molecular flexibility index (Phi) is 5.53. The normalized spacial score (nSPS) is 14.2. The van der Waals surface area contributed by atoms with Gasteiger partial charge in [0.05, 0.1) is 20.8 Å².